The van der Waals surface area contributed by atoms with Gasteiger partial charge in [0.2, 0.25) is 0 Å². The maximum absolute atomic E-state index is 12.5. The quantitative estimate of drug-likeness (QED) is 0.482. The molecule has 0 radical (unpaired) electrons. The van der Waals surface area contributed by atoms with E-state index in [1.54, 1.807) is 0 Å². The molecule has 0 aliphatic carbocycles. The smallest absolute Gasteiger partial charge is 0.249 e. The first-order valence-electron chi connectivity index (χ1n) is 7.14. The molecule has 0 fully saturated rings. The monoisotopic (exact) mass is 337 g/mol. The fourth-order valence-corrected chi connectivity index (χ4v) is 4.11. The molecule has 1 rings (SSSR count). The lowest BCUT2D eigenvalue weighted by Crippen LogP contribution is -2.26. The minimum Gasteiger partial charge on any atom is -0.249 e. The van der Waals surface area contributed by atoms with Crippen LogP contribution in [0.3, 0.4) is 0 Å². The number of halogens is 3. The number of aromatic nitrogens is 1. The first-order chi connectivity index (χ1) is 9.87. The summed E-state index contributed by atoms with van der Waals surface area (Å²) < 4.78 is 37.5. The average molecular weight is 337 g/mol. The summed E-state index contributed by atoms with van der Waals surface area (Å²) in [4.78, 5) is 3.92. The van der Waals surface area contributed by atoms with Crippen molar-refractivity contribution in [3.05, 3.63) is 23.9 Å². The lowest BCUT2D eigenvalue weighted by Gasteiger charge is -2.31. The van der Waals surface area contributed by atoms with Crippen LogP contribution in [-0.2, 0) is 6.18 Å². The second-order valence-electron chi connectivity index (χ2n) is 5.33. The molecule has 0 aliphatic rings. The predicted molar refractivity (Wildman–Crippen MR) is 86.1 cm³/mol. The van der Waals surface area contributed by atoms with Gasteiger partial charge in [-0.1, -0.05) is 26.7 Å². The van der Waals surface area contributed by atoms with Crippen molar-refractivity contribution in [2.45, 2.75) is 50.7 Å². The Labute approximate surface area is 134 Å². The number of rotatable bonds is 8. The Bertz CT molecular complexity index is 412. The van der Waals surface area contributed by atoms with Crippen molar-refractivity contribution in [3.8, 4) is 0 Å². The number of hydrogen-bond donors (Lipinski definition) is 1. The minimum absolute atomic E-state index is 0.141. The maximum atomic E-state index is 12.5. The predicted octanol–water partition coefficient (Wildman–Crippen LogP) is 5.71. The Hall–Kier alpha value is -0.360. The van der Waals surface area contributed by atoms with Gasteiger partial charge in [-0.15, -0.1) is 11.8 Å². The Balaban J connectivity index is 2.71. The van der Waals surface area contributed by atoms with Crippen LogP contribution in [0.1, 0.15) is 45.1 Å². The second-order valence-corrected chi connectivity index (χ2v) is 6.64. The molecule has 6 heteroatoms. The fraction of sp³-hybridized carbons (Fsp3) is 0.667. The van der Waals surface area contributed by atoms with Gasteiger partial charge in [-0.05, 0) is 36.1 Å². The van der Waals surface area contributed by atoms with Crippen molar-refractivity contribution >= 4 is 24.4 Å². The molecule has 0 N–H and O–H groups in total. The number of nitrogens with zero attached hydrogens (tertiary/aromatic N) is 1. The molecule has 0 spiro atoms. The molecule has 120 valence electrons. The van der Waals surface area contributed by atoms with Crippen LogP contribution in [0.4, 0.5) is 13.2 Å². The van der Waals surface area contributed by atoms with E-state index < -0.39 is 11.7 Å². The Morgan fingerprint density at radius 2 is 1.76 bits per heavy atom. The van der Waals surface area contributed by atoms with Crippen LogP contribution < -0.4 is 0 Å². The molecular weight excluding hydrogens is 315 g/mol. The van der Waals surface area contributed by atoms with Gasteiger partial charge in [-0.3, -0.25) is 0 Å². The van der Waals surface area contributed by atoms with Crippen LogP contribution in [0.2, 0.25) is 0 Å². The zero-order valence-electron chi connectivity index (χ0n) is 12.4. The third kappa shape index (κ3) is 5.74. The highest BCUT2D eigenvalue weighted by Crippen LogP contribution is 2.37. The van der Waals surface area contributed by atoms with Crippen LogP contribution in [-0.4, -0.2) is 16.5 Å². The van der Waals surface area contributed by atoms with E-state index in [1.165, 1.54) is 17.8 Å². The van der Waals surface area contributed by atoms with Gasteiger partial charge in [-0.25, -0.2) is 4.98 Å². The molecule has 0 aliphatic heterocycles. The highest BCUT2D eigenvalue weighted by molar-refractivity contribution is 7.99. The van der Waals surface area contributed by atoms with Gasteiger partial charge >= 0.3 is 6.18 Å². The fourth-order valence-electron chi connectivity index (χ4n) is 2.39. The van der Waals surface area contributed by atoms with Crippen LogP contribution in [0.25, 0.3) is 0 Å². The molecule has 0 atom stereocenters. The van der Waals surface area contributed by atoms with Crippen LogP contribution in [0.5, 0.6) is 0 Å². The van der Waals surface area contributed by atoms with Gasteiger partial charge in [0.25, 0.3) is 0 Å². The molecule has 0 saturated heterocycles. The molecular formula is C15H22F3NS2. The highest BCUT2D eigenvalue weighted by atomic mass is 32.2. The standard InChI is InChI=1S/C15H22F3NS2/c1-3-7-14(10-20,8-4-2)11-21-13-6-5-12(9-19-13)15(16,17)18/h5-6,9,20H,3-4,7-8,10-11H2,1-2H3. The average Bonchev–Trinajstić information content (AvgIpc) is 2.45. The Kier molecular flexibility index (Phi) is 7.40. The lowest BCUT2D eigenvalue weighted by atomic mass is 9.83. The summed E-state index contributed by atoms with van der Waals surface area (Å²) in [6.45, 7) is 4.30. The van der Waals surface area contributed by atoms with E-state index in [4.69, 9.17) is 0 Å². The Morgan fingerprint density at radius 3 is 2.14 bits per heavy atom. The molecule has 0 bridgehead atoms. The van der Waals surface area contributed by atoms with Gasteiger partial charge in [0.1, 0.15) is 0 Å². The first kappa shape index (κ1) is 18.7. The molecule has 0 amide bonds. The van der Waals surface area contributed by atoms with Gasteiger partial charge in [0.05, 0.1) is 10.6 Å². The van der Waals surface area contributed by atoms with Crippen molar-refractivity contribution in [1.82, 2.24) is 4.98 Å². The van der Waals surface area contributed by atoms with Crippen LogP contribution in [0, 0.1) is 5.41 Å². The summed E-state index contributed by atoms with van der Waals surface area (Å²) in [6, 6.07) is 2.55. The van der Waals surface area contributed by atoms with Crippen LogP contribution >= 0.6 is 24.4 Å². The third-order valence-corrected chi connectivity index (χ3v) is 5.45. The molecule has 0 aromatic carbocycles. The number of thioether (sulfide) groups is 1. The van der Waals surface area contributed by atoms with E-state index >= 15 is 0 Å². The zero-order valence-corrected chi connectivity index (χ0v) is 14.1. The summed E-state index contributed by atoms with van der Waals surface area (Å²) in [7, 11) is 0. The molecule has 21 heavy (non-hydrogen) atoms. The summed E-state index contributed by atoms with van der Waals surface area (Å²) in [5.74, 6) is 1.64. The van der Waals surface area contributed by atoms with Gasteiger partial charge in [0.15, 0.2) is 0 Å². The molecule has 0 saturated carbocycles. The normalized spacial score (nSPS) is 12.7. The second kappa shape index (κ2) is 8.32. The van der Waals surface area contributed by atoms with Crippen molar-refractivity contribution < 1.29 is 13.2 Å². The van der Waals surface area contributed by atoms with Crippen molar-refractivity contribution in [1.29, 1.82) is 0 Å². The summed E-state index contributed by atoms with van der Waals surface area (Å²) in [5, 5.41) is 0.640. The minimum atomic E-state index is -4.32. The largest absolute Gasteiger partial charge is 0.417 e. The molecule has 0 unspecified atom stereocenters. The van der Waals surface area contributed by atoms with E-state index in [1.807, 2.05) is 0 Å². The van der Waals surface area contributed by atoms with Crippen molar-refractivity contribution in [2.24, 2.45) is 5.41 Å². The van der Waals surface area contributed by atoms with E-state index in [0.29, 0.717) is 5.03 Å². The number of alkyl halides is 3. The third-order valence-electron chi connectivity index (χ3n) is 3.49. The summed E-state index contributed by atoms with van der Waals surface area (Å²) in [5.41, 5.74) is -0.559. The lowest BCUT2D eigenvalue weighted by molar-refractivity contribution is -0.137. The van der Waals surface area contributed by atoms with E-state index in [-0.39, 0.29) is 5.41 Å². The number of thiol groups is 1. The molecule has 1 aromatic heterocycles. The maximum Gasteiger partial charge on any atom is 0.417 e. The Morgan fingerprint density at radius 1 is 1.14 bits per heavy atom. The van der Waals surface area contributed by atoms with Gasteiger partial charge in [0, 0.05) is 11.9 Å². The van der Waals surface area contributed by atoms with Crippen LogP contribution in [0.15, 0.2) is 23.4 Å². The topological polar surface area (TPSA) is 12.9 Å². The zero-order chi connectivity index (χ0) is 15.9. The first-order valence-corrected chi connectivity index (χ1v) is 8.75. The number of hydrogen-bond acceptors (Lipinski definition) is 3. The van der Waals surface area contributed by atoms with Gasteiger partial charge in [-0.2, -0.15) is 25.8 Å². The van der Waals surface area contributed by atoms with E-state index in [2.05, 4.69) is 31.5 Å². The molecule has 1 heterocycles. The number of pyridine rings is 1. The van der Waals surface area contributed by atoms with E-state index in [9.17, 15) is 13.2 Å². The SMILES string of the molecule is CCCC(CS)(CCC)CSc1ccc(C(F)(F)F)cn1. The van der Waals surface area contributed by atoms with Gasteiger partial charge < -0.3 is 0 Å². The van der Waals surface area contributed by atoms with Crippen molar-refractivity contribution in [2.75, 3.05) is 11.5 Å². The summed E-state index contributed by atoms with van der Waals surface area (Å²) in [6.07, 6.45) is 0.916. The summed E-state index contributed by atoms with van der Waals surface area (Å²) >= 11 is 6.01. The molecule has 1 nitrogen and oxygen atoms in total. The highest BCUT2D eigenvalue weighted by Gasteiger charge is 2.31. The van der Waals surface area contributed by atoms with Crippen molar-refractivity contribution in [3.63, 3.8) is 0 Å². The molecule has 1 aromatic rings. The van der Waals surface area contributed by atoms with E-state index in [0.717, 1.165) is 49.5 Å².